The molecule has 0 amide bonds. The molecule has 0 aliphatic rings. The first-order valence-electron chi connectivity index (χ1n) is 5.77. The summed E-state index contributed by atoms with van der Waals surface area (Å²) < 4.78 is 50.7. The lowest BCUT2D eigenvalue weighted by Gasteiger charge is -2.10. The van der Waals surface area contributed by atoms with Gasteiger partial charge in [-0.3, -0.25) is 4.79 Å². The zero-order valence-electron chi connectivity index (χ0n) is 10.5. The molecule has 0 N–H and O–H groups in total. The number of alkyl halides is 3. The zero-order valence-corrected chi connectivity index (χ0v) is 10.5. The number of halogens is 4. The third-order valence-electron chi connectivity index (χ3n) is 2.89. The van der Waals surface area contributed by atoms with Crippen LogP contribution in [0.5, 0.6) is 0 Å². The number of carbonyl (C=O) groups is 1. The monoisotopic (exact) mass is 282 g/mol. The Bertz CT molecular complexity index is 659. The van der Waals surface area contributed by atoms with Crippen LogP contribution in [0, 0.1) is 12.7 Å². The Labute approximate surface area is 112 Å². The predicted octanol–water partition coefficient (Wildman–Crippen LogP) is 4.38. The van der Waals surface area contributed by atoms with Crippen LogP contribution >= 0.6 is 0 Å². The van der Waals surface area contributed by atoms with Gasteiger partial charge in [-0.15, -0.1) is 0 Å². The van der Waals surface area contributed by atoms with Crippen molar-refractivity contribution in [1.82, 2.24) is 0 Å². The maximum atomic E-state index is 13.1. The van der Waals surface area contributed by atoms with E-state index in [4.69, 9.17) is 0 Å². The first-order chi connectivity index (χ1) is 9.29. The molecule has 20 heavy (non-hydrogen) atoms. The van der Waals surface area contributed by atoms with E-state index in [1.165, 1.54) is 25.1 Å². The molecular weight excluding hydrogens is 272 g/mol. The largest absolute Gasteiger partial charge is 0.416 e. The van der Waals surface area contributed by atoms with Crippen LogP contribution in [0.15, 0.2) is 42.5 Å². The Hall–Kier alpha value is -2.17. The van der Waals surface area contributed by atoms with Gasteiger partial charge < -0.3 is 0 Å². The van der Waals surface area contributed by atoms with E-state index in [9.17, 15) is 22.4 Å². The van der Waals surface area contributed by atoms with Gasteiger partial charge in [-0.25, -0.2) is 4.39 Å². The van der Waals surface area contributed by atoms with Crippen molar-refractivity contribution in [3.63, 3.8) is 0 Å². The van der Waals surface area contributed by atoms with Crippen LogP contribution in [0.1, 0.15) is 27.0 Å². The molecule has 0 saturated heterocycles. The maximum absolute atomic E-state index is 13.1. The molecule has 0 aliphatic heterocycles. The third-order valence-corrected chi connectivity index (χ3v) is 2.89. The Kier molecular flexibility index (Phi) is 3.61. The highest BCUT2D eigenvalue weighted by molar-refractivity contribution is 6.09. The minimum absolute atomic E-state index is 0.104. The highest BCUT2D eigenvalue weighted by Gasteiger charge is 2.31. The topological polar surface area (TPSA) is 17.1 Å². The SMILES string of the molecule is Cc1cc(C(F)(F)F)ccc1C(=O)c1cccc(F)c1. The van der Waals surface area contributed by atoms with Crippen molar-refractivity contribution in [2.24, 2.45) is 0 Å². The van der Waals surface area contributed by atoms with Crippen molar-refractivity contribution in [2.45, 2.75) is 13.1 Å². The second kappa shape index (κ2) is 5.07. The molecule has 0 heterocycles. The summed E-state index contributed by atoms with van der Waals surface area (Å²) in [6.07, 6.45) is -4.45. The molecule has 0 unspecified atom stereocenters. The summed E-state index contributed by atoms with van der Waals surface area (Å²) in [5.41, 5.74) is -0.378. The summed E-state index contributed by atoms with van der Waals surface area (Å²) in [6, 6.07) is 7.91. The second-order valence-electron chi connectivity index (χ2n) is 4.37. The molecule has 104 valence electrons. The normalized spacial score (nSPS) is 11.4. The van der Waals surface area contributed by atoms with E-state index in [-0.39, 0.29) is 16.7 Å². The average molecular weight is 282 g/mol. The molecule has 0 radical (unpaired) electrons. The number of hydrogen-bond donors (Lipinski definition) is 0. The van der Waals surface area contributed by atoms with Gasteiger partial charge in [-0.2, -0.15) is 13.2 Å². The van der Waals surface area contributed by atoms with E-state index in [2.05, 4.69) is 0 Å². The van der Waals surface area contributed by atoms with Crippen molar-refractivity contribution in [2.75, 3.05) is 0 Å². The van der Waals surface area contributed by atoms with E-state index in [0.29, 0.717) is 0 Å². The van der Waals surface area contributed by atoms with Gasteiger partial charge in [0.25, 0.3) is 0 Å². The van der Waals surface area contributed by atoms with Crippen LogP contribution in [0.2, 0.25) is 0 Å². The maximum Gasteiger partial charge on any atom is 0.416 e. The Balaban J connectivity index is 2.41. The van der Waals surface area contributed by atoms with E-state index in [0.717, 1.165) is 24.3 Å². The summed E-state index contributed by atoms with van der Waals surface area (Å²) >= 11 is 0. The van der Waals surface area contributed by atoms with Crippen LogP contribution in [0.25, 0.3) is 0 Å². The highest BCUT2D eigenvalue weighted by Crippen LogP contribution is 2.30. The Morgan fingerprint density at radius 1 is 1.05 bits per heavy atom. The van der Waals surface area contributed by atoms with Gasteiger partial charge in [0.1, 0.15) is 5.82 Å². The van der Waals surface area contributed by atoms with Gasteiger partial charge in [0.15, 0.2) is 5.78 Å². The van der Waals surface area contributed by atoms with E-state index >= 15 is 0 Å². The fourth-order valence-electron chi connectivity index (χ4n) is 1.88. The van der Waals surface area contributed by atoms with E-state index in [1.807, 2.05) is 0 Å². The van der Waals surface area contributed by atoms with Crippen LogP contribution < -0.4 is 0 Å². The molecule has 2 rings (SSSR count). The minimum Gasteiger partial charge on any atom is -0.289 e. The van der Waals surface area contributed by atoms with E-state index in [1.54, 1.807) is 0 Å². The number of aryl methyl sites for hydroxylation is 1. The number of ketones is 1. The fourth-order valence-corrected chi connectivity index (χ4v) is 1.88. The molecule has 0 spiro atoms. The van der Waals surface area contributed by atoms with Gasteiger partial charge in [-0.05, 0) is 36.8 Å². The molecule has 2 aromatic rings. The predicted molar refractivity (Wildman–Crippen MR) is 66.0 cm³/mol. The Morgan fingerprint density at radius 3 is 2.30 bits per heavy atom. The first kappa shape index (κ1) is 14.2. The lowest BCUT2D eigenvalue weighted by Crippen LogP contribution is -2.09. The summed E-state index contributed by atoms with van der Waals surface area (Å²) in [5, 5.41) is 0. The molecule has 0 atom stereocenters. The van der Waals surface area contributed by atoms with Crippen LogP contribution in [-0.4, -0.2) is 5.78 Å². The van der Waals surface area contributed by atoms with Crippen LogP contribution in [-0.2, 0) is 6.18 Å². The quantitative estimate of drug-likeness (QED) is 0.590. The van der Waals surface area contributed by atoms with Crippen molar-refractivity contribution in [1.29, 1.82) is 0 Å². The standard InChI is InChI=1S/C15H10F4O/c1-9-7-11(15(17,18)19)5-6-13(9)14(20)10-3-2-4-12(16)8-10/h2-8H,1H3. The first-order valence-corrected chi connectivity index (χ1v) is 5.77. The molecule has 0 aliphatic carbocycles. The molecule has 1 nitrogen and oxygen atoms in total. The number of rotatable bonds is 2. The molecule has 5 heteroatoms. The number of hydrogen-bond acceptors (Lipinski definition) is 1. The second-order valence-corrected chi connectivity index (χ2v) is 4.37. The molecule has 0 aromatic heterocycles. The van der Waals surface area contributed by atoms with Gasteiger partial charge in [0, 0.05) is 11.1 Å². The summed E-state index contributed by atoms with van der Waals surface area (Å²) in [5.74, 6) is -1.07. The zero-order chi connectivity index (χ0) is 14.9. The van der Waals surface area contributed by atoms with E-state index < -0.39 is 23.3 Å². The van der Waals surface area contributed by atoms with Crippen molar-refractivity contribution in [3.05, 3.63) is 70.5 Å². The molecule has 0 saturated carbocycles. The van der Waals surface area contributed by atoms with Crippen LogP contribution in [0.4, 0.5) is 17.6 Å². The highest BCUT2D eigenvalue weighted by atomic mass is 19.4. The van der Waals surface area contributed by atoms with Gasteiger partial charge in [-0.1, -0.05) is 18.2 Å². The minimum atomic E-state index is -4.45. The average Bonchev–Trinajstić information content (AvgIpc) is 2.36. The molecule has 0 fully saturated rings. The van der Waals surface area contributed by atoms with Gasteiger partial charge in [0.05, 0.1) is 5.56 Å². The smallest absolute Gasteiger partial charge is 0.289 e. The third kappa shape index (κ3) is 2.87. The molecule has 0 bridgehead atoms. The lowest BCUT2D eigenvalue weighted by molar-refractivity contribution is -0.137. The molecule has 2 aromatic carbocycles. The molecular formula is C15H10F4O. The lowest BCUT2D eigenvalue weighted by atomic mass is 9.97. The fraction of sp³-hybridized carbons (Fsp3) is 0.133. The van der Waals surface area contributed by atoms with Crippen LogP contribution in [0.3, 0.4) is 0 Å². The number of benzene rings is 2. The van der Waals surface area contributed by atoms with Gasteiger partial charge in [0.2, 0.25) is 0 Å². The number of carbonyl (C=O) groups excluding carboxylic acids is 1. The summed E-state index contributed by atoms with van der Waals surface area (Å²) in [7, 11) is 0. The summed E-state index contributed by atoms with van der Waals surface area (Å²) in [4.78, 5) is 12.1. The van der Waals surface area contributed by atoms with Gasteiger partial charge >= 0.3 is 6.18 Å². The van der Waals surface area contributed by atoms with Crippen molar-refractivity contribution >= 4 is 5.78 Å². The van der Waals surface area contributed by atoms with Crippen molar-refractivity contribution < 1.29 is 22.4 Å². The summed E-state index contributed by atoms with van der Waals surface area (Å²) in [6.45, 7) is 1.42. The van der Waals surface area contributed by atoms with Crippen molar-refractivity contribution in [3.8, 4) is 0 Å². The Morgan fingerprint density at radius 2 is 1.75 bits per heavy atom.